The Bertz CT molecular complexity index is 799. The number of rotatable bonds is 2. The van der Waals surface area contributed by atoms with E-state index in [0.29, 0.717) is 18.1 Å². The number of allylic oxidation sites excluding steroid dienone is 1. The number of carbonyl (C=O) groups excluding carboxylic acids is 1. The first-order valence-electron chi connectivity index (χ1n) is 7.04. The summed E-state index contributed by atoms with van der Waals surface area (Å²) in [6.45, 7) is 0.465. The van der Waals surface area contributed by atoms with Crippen molar-refractivity contribution < 1.29 is 14.3 Å². The van der Waals surface area contributed by atoms with Crippen molar-refractivity contribution in [2.45, 2.75) is 6.61 Å². The van der Waals surface area contributed by atoms with Crippen molar-refractivity contribution in [2.24, 2.45) is 0 Å². The van der Waals surface area contributed by atoms with E-state index >= 15 is 0 Å². The van der Waals surface area contributed by atoms with Crippen molar-refractivity contribution >= 4 is 39.1 Å². The van der Waals surface area contributed by atoms with Gasteiger partial charge in [-0.25, -0.2) is 4.79 Å². The largest absolute Gasteiger partial charge is 0.488 e. The molecule has 2 aromatic rings. The molecule has 118 valence electrons. The topological polar surface area (TPSA) is 35.5 Å². The predicted octanol–water partition coefficient (Wildman–Crippen LogP) is 4.80. The summed E-state index contributed by atoms with van der Waals surface area (Å²) in [5.41, 5.74) is 4.38. The number of halogens is 2. The minimum atomic E-state index is -0.378. The van der Waals surface area contributed by atoms with Gasteiger partial charge >= 0.3 is 5.97 Å². The Morgan fingerprint density at radius 2 is 2.13 bits per heavy atom. The van der Waals surface area contributed by atoms with Crippen molar-refractivity contribution in [2.75, 3.05) is 13.0 Å². The van der Waals surface area contributed by atoms with Gasteiger partial charge in [0, 0.05) is 15.9 Å². The van der Waals surface area contributed by atoms with Gasteiger partial charge in [0.1, 0.15) is 12.4 Å². The van der Waals surface area contributed by atoms with Crippen LogP contribution in [0.5, 0.6) is 5.75 Å². The van der Waals surface area contributed by atoms with Crippen molar-refractivity contribution in [1.82, 2.24) is 0 Å². The first-order valence-corrected chi connectivity index (χ1v) is 8.37. The third kappa shape index (κ3) is 3.14. The third-order valence-electron chi connectivity index (χ3n) is 3.72. The lowest BCUT2D eigenvalue weighted by molar-refractivity contribution is 0.0600. The van der Waals surface area contributed by atoms with Gasteiger partial charge in [0.25, 0.3) is 0 Å². The minimum Gasteiger partial charge on any atom is -0.488 e. The number of fused-ring (bicyclic) bond motifs is 2. The SMILES string of the molecule is COC(=O)c1ccc2c(c1)/C(=C\CCl)c1cc(Br)ccc1CO2. The van der Waals surface area contributed by atoms with Gasteiger partial charge in [-0.15, -0.1) is 11.6 Å². The van der Waals surface area contributed by atoms with Crippen LogP contribution in [0, 0.1) is 0 Å². The molecule has 0 atom stereocenters. The van der Waals surface area contributed by atoms with Gasteiger partial charge in [-0.2, -0.15) is 0 Å². The van der Waals surface area contributed by atoms with Gasteiger partial charge < -0.3 is 9.47 Å². The van der Waals surface area contributed by atoms with Crippen LogP contribution in [0.3, 0.4) is 0 Å². The number of carbonyl (C=O) groups is 1. The van der Waals surface area contributed by atoms with Crippen molar-refractivity contribution in [3.8, 4) is 5.75 Å². The van der Waals surface area contributed by atoms with E-state index in [1.165, 1.54) is 7.11 Å². The van der Waals surface area contributed by atoms with Gasteiger partial charge in [-0.1, -0.05) is 28.1 Å². The molecule has 0 saturated heterocycles. The molecule has 23 heavy (non-hydrogen) atoms. The maximum atomic E-state index is 11.8. The fourth-order valence-corrected chi connectivity index (χ4v) is 3.15. The average Bonchev–Trinajstić information content (AvgIpc) is 2.71. The highest BCUT2D eigenvalue weighted by Gasteiger charge is 2.21. The highest BCUT2D eigenvalue weighted by molar-refractivity contribution is 9.10. The lowest BCUT2D eigenvalue weighted by Gasteiger charge is -2.12. The fraction of sp³-hybridized carbons (Fsp3) is 0.167. The van der Waals surface area contributed by atoms with Gasteiger partial charge in [-0.05, 0) is 47.0 Å². The third-order valence-corrected chi connectivity index (χ3v) is 4.36. The molecule has 0 bridgehead atoms. The number of esters is 1. The molecule has 0 saturated carbocycles. The second-order valence-electron chi connectivity index (χ2n) is 5.06. The van der Waals surface area contributed by atoms with Gasteiger partial charge in [0.05, 0.1) is 12.7 Å². The molecule has 1 aliphatic rings. The number of ether oxygens (including phenoxy) is 2. The number of methoxy groups -OCH3 is 1. The van der Waals surface area contributed by atoms with Gasteiger partial charge in [0.2, 0.25) is 0 Å². The highest BCUT2D eigenvalue weighted by atomic mass is 79.9. The van der Waals surface area contributed by atoms with Gasteiger partial charge in [0.15, 0.2) is 0 Å². The molecule has 0 aromatic heterocycles. The number of hydrogen-bond donors (Lipinski definition) is 0. The Morgan fingerprint density at radius 3 is 2.87 bits per heavy atom. The molecule has 3 nitrogen and oxygen atoms in total. The Kier molecular flexibility index (Phi) is 4.74. The molecule has 0 unspecified atom stereocenters. The van der Waals surface area contributed by atoms with E-state index < -0.39 is 0 Å². The zero-order valence-electron chi connectivity index (χ0n) is 12.4. The first kappa shape index (κ1) is 16.1. The molecule has 3 rings (SSSR count). The van der Waals surface area contributed by atoms with Crippen LogP contribution < -0.4 is 4.74 Å². The van der Waals surface area contributed by atoms with Crippen molar-refractivity contribution in [3.05, 3.63) is 69.2 Å². The number of benzene rings is 2. The molecule has 0 radical (unpaired) electrons. The summed E-state index contributed by atoms with van der Waals surface area (Å²) >= 11 is 9.48. The minimum absolute atomic E-state index is 0.364. The summed E-state index contributed by atoms with van der Waals surface area (Å²) in [5.74, 6) is 0.710. The standard InChI is InChI=1S/C18H14BrClO3/c1-22-18(21)11-3-5-17-16(8-11)14(6-7-20)15-9-13(19)4-2-12(15)10-23-17/h2-6,8-9H,7,10H2,1H3/b14-6-. The average molecular weight is 394 g/mol. The van der Waals surface area contributed by atoms with E-state index in [-0.39, 0.29) is 5.97 Å². The maximum Gasteiger partial charge on any atom is 0.337 e. The monoisotopic (exact) mass is 392 g/mol. The van der Waals surface area contributed by atoms with E-state index in [0.717, 1.165) is 32.5 Å². The van der Waals surface area contributed by atoms with Crippen LogP contribution in [0.15, 0.2) is 46.9 Å². The molecule has 2 aromatic carbocycles. The normalized spacial score (nSPS) is 14.5. The predicted molar refractivity (Wildman–Crippen MR) is 94.1 cm³/mol. The smallest absolute Gasteiger partial charge is 0.337 e. The van der Waals surface area contributed by atoms with Crippen LogP contribution in [0.2, 0.25) is 0 Å². The Hall–Kier alpha value is -1.78. The number of alkyl halides is 1. The number of hydrogen-bond acceptors (Lipinski definition) is 3. The van der Waals surface area contributed by atoms with Crippen molar-refractivity contribution in [1.29, 1.82) is 0 Å². The fourth-order valence-electron chi connectivity index (χ4n) is 2.63. The summed E-state index contributed by atoms with van der Waals surface area (Å²) in [6, 6.07) is 11.3. The molecule has 1 heterocycles. The van der Waals surface area contributed by atoms with E-state index in [4.69, 9.17) is 21.1 Å². The molecule has 1 aliphatic heterocycles. The molecule has 0 N–H and O–H groups in total. The van der Waals surface area contributed by atoms with Crippen LogP contribution in [0.4, 0.5) is 0 Å². The van der Waals surface area contributed by atoms with Crippen LogP contribution in [0.25, 0.3) is 5.57 Å². The van der Waals surface area contributed by atoms with Gasteiger partial charge in [-0.3, -0.25) is 0 Å². The zero-order valence-corrected chi connectivity index (χ0v) is 14.8. The maximum absolute atomic E-state index is 11.8. The Balaban J connectivity index is 2.22. The lowest BCUT2D eigenvalue weighted by Crippen LogP contribution is -2.02. The molecular formula is C18H14BrClO3. The summed E-state index contributed by atoms with van der Waals surface area (Å²) in [5, 5.41) is 0. The molecule has 0 fully saturated rings. The highest BCUT2D eigenvalue weighted by Crippen LogP contribution is 2.38. The van der Waals surface area contributed by atoms with E-state index in [1.54, 1.807) is 18.2 Å². The lowest BCUT2D eigenvalue weighted by atomic mass is 9.93. The van der Waals surface area contributed by atoms with Crippen LogP contribution in [-0.2, 0) is 11.3 Å². The Labute approximate surface area is 148 Å². The molecule has 5 heteroatoms. The molecule has 0 aliphatic carbocycles. The zero-order chi connectivity index (χ0) is 16.4. The van der Waals surface area contributed by atoms with Crippen LogP contribution in [-0.4, -0.2) is 19.0 Å². The summed E-state index contributed by atoms with van der Waals surface area (Å²) in [7, 11) is 1.37. The van der Waals surface area contributed by atoms with Crippen LogP contribution in [0.1, 0.15) is 27.0 Å². The Morgan fingerprint density at radius 1 is 1.30 bits per heavy atom. The quantitative estimate of drug-likeness (QED) is 0.543. The van der Waals surface area contributed by atoms with Crippen LogP contribution >= 0.6 is 27.5 Å². The van der Waals surface area contributed by atoms with E-state index in [1.807, 2.05) is 24.3 Å². The summed E-state index contributed by atoms with van der Waals surface area (Å²) in [4.78, 5) is 11.8. The molecule has 0 amide bonds. The van der Waals surface area contributed by atoms with Crippen molar-refractivity contribution in [3.63, 3.8) is 0 Å². The second kappa shape index (κ2) is 6.77. The van der Waals surface area contributed by atoms with E-state index in [9.17, 15) is 4.79 Å². The summed E-state index contributed by atoms with van der Waals surface area (Å²) in [6.07, 6.45) is 1.93. The second-order valence-corrected chi connectivity index (χ2v) is 6.29. The first-order chi connectivity index (χ1) is 11.1. The summed E-state index contributed by atoms with van der Waals surface area (Å²) < 4.78 is 11.7. The molecule has 0 spiro atoms. The van der Waals surface area contributed by atoms with E-state index in [2.05, 4.69) is 15.9 Å². The molecular weight excluding hydrogens is 380 g/mol.